The lowest BCUT2D eigenvalue weighted by atomic mass is 9.50. The van der Waals surface area contributed by atoms with Crippen molar-refractivity contribution in [1.29, 1.82) is 0 Å². The molecule has 4 saturated carbocycles. The maximum Gasteiger partial charge on any atom is -0.00853 e. The summed E-state index contributed by atoms with van der Waals surface area (Å²) in [6.07, 6.45) is 16.2. The molecule has 0 aromatic carbocycles. The predicted octanol–water partition coefficient (Wildman–Crippen LogP) is 7.25. The van der Waals surface area contributed by atoms with Crippen LogP contribution in [0.4, 0.5) is 0 Å². The van der Waals surface area contributed by atoms with Crippen LogP contribution in [0.1, 0.15) is 92.4 Å². The summed E-state index contributed by atoms with van der Waals surface area (Å²) in [5.41, 5.74) is 2.40. The lowest BCUT2D eigenvalue weighted by Crippen LogP contribution is -2.47. The lowest BCUT2D eigenvalue weighted by Gasteiger charge is -2.55. The van der Waals surface area contributed by atoms with E-state index in [0.717, 1.165) is 35.5 Å². The van der Waals surface area contributed by atoms with E-state index >= 15 is 0 Å². The molecule has 4 rings (SSSR count). The minimum atomic E-state index is 0.588. The van der Waals surface area contributed by atoms with Gasteiger partial charge in [0.05, 0.1) is 0 Å². The second kappa shape index (κ2) is 6.93. The molecule has 0 aromatic heterocycles. The molecule has 0 saturated heterocycles. The van der Waals surface area contributed by atoms with Gasteiger partial charge in [-0.15, -0.1) is 0 Å². The van der Waals surface area contributed by atoms with E-state index in [0.29, 0.717) is 5.41 Å². The predicted molar refractivity (Wildman–Crippen MR) is 101 cm³/mol. The third-order valence-corrected chi connectivity index (χ3v) is 8.41. The van der Waals surface area contributed by atoms with Crippen LogP contribution in [-0.2, 0) is 0 Å². The molecule has 23 heavy (non-hydrogen) atoms. The molecule has 0 radical (unpaired) electrons. The fourth-order valence-electron chi connectivity index (χ4n) is 7.41. The Kier molecular flexibility index (Phi) is 5.29. The van der Waals surface area contributed by atoms with Crippen molar-refractivity contribution >= 4 is 0 Å². The Balaban J connectivity index is 0.000000753. The lowest BCUT2D eigenvalue weighted by molar-refractivity contribution is -0.0470. The average molecular weight is 317 g/mol. The highest BCUT2D eigenvalue weighted by Gasteiger charge is 2.54. The van der Waals surface area contributed by atoms with Crippen molar-refractivity contribution in [1.82, 2.24) is 0 Å². The summed E-state index contributed by atoms with van der Waals surface area (Å²) in [6.45, 7) is 11.4. The Morgan fingerprint density at radius 2 is 1.65 bits per heavy atom. The van der Waals surface area contributed by atoms with Gasteiger partial charge in [-0.1, -0.05) is 45.8 Å². The van der Waals surface area contributed by atoms with Crippen LogP contribution >= 0.6 is 0 Å². The van der Waals surface area contributed by atoms with E-state index < -0.39 is 0 Å². The molecule has 0 nitrogen and oxygen atoms in total. The molecule has 0 bridgehead atoms. The van der Waals surface area contributed by atoms with E-state index in [4.69, 9.17) is 0 Å². The Morgan fingerprint density at radius 3 is 2.39 bits per heavy atom. The van der Waals surface area contributed by atoms with Gasteiger partial charge in [0.2, 0.25) is 0 Å². The minimum absolute atomic E-state index is 0.588. The van der Waals surface area contributed by atoms with Crippen LogP contribution in [0.3, 0.4) is 0 Å². The van der Waals surface area contributed by atoms with Gasteiger partial charge in [-0.3, -0.25) is 0 Å². The van der Waals surface area contributed by atoms with E-state index in [-0.39, 0.29) is 0 Å². The number of rotatable bonds is 0. The topological polar surface area (TPSA) is 0 Å². The number of hydrogen-bond donors (Lipinski definition) is 0. The highest BCUT2D eigenvalue weighted by molar-refractivity contribution is 5.23. The molecule has 0 amide bonds. The first-order valence-corrected chi connectivity index (χ1v) is 10.8. The Hall–Kier alpha value is -0.260. The molecule has 7 unspecified atom stereocenters. The van der Waals surface area contributed by atoms with Crippen LogP contribution in [0.5, 0.6) is 0 Å². The van der Waals surface area contributed by atoms with Gasteiger partial charge in [0.25, 0.3) is 0 Å². The van der Waals surface area contributed by atoms with Gasteiger partial charge in [-0.25, -0.2) is 0 Å². The van der Waals surface area contributed by atoms with Crippen LogP contribution < -0.4 is 0 Å². The number of hydrogen-bond acceptors (Lipinski definition) is 0. The smallest absolute Gasteiger partial charge is 0.00853 e. The Labute approximate surface area is 145 Å². The van der Waals surface area contributed by atoms with Crippen molar-refractivity contribution < 1.29 is 0 Å². The summed E-state index contributed by atoms with van der Waals surface area (Å²) in [5, 5.41) is 0. The molecule has 4 aliphatic carbocycles. The number of allylic oxidation sites excluding steroid dienone is 2. The summed E-state index contributed by atoms with van der Waals surface area (Å²) < 4.78 is 0. The summed E-state index contributed by atoms with van der Waals surface area (Å²) in [7, 11) is 0. The Bertz CT molecular complexity index is 433. The van der Waals surface area contributed by atoms with E-state index in [1.165, 1.54) is 25.7 Å². The van der Waals surface area contributed by atoms with E-state index in [9.17, 15) is 0 Å². The maximum atomic E-state index is 2.62. The van der Waals surface area contributed by atoms with Gasteiger partial charge in [0.1, 0.15) is 0 Å². The molecule has 0 aromatic rings. The quantitative estimate of drug-likeness (QED) is 0.413. The van der Waals surface area contributed by atoms with Crippen molar-refractivity contribution in [3.05, 3.63) is 11.6 Å². The maximum absolute atomic E-state index is 2.62. The van der Waals surface area contributed by atoms with E-state index in [1.54, 1.807) is 32.1 Å². The second-order valence-corrected chi connectivity index (χ2v) is 9.16. The third kappa shape index (κ3) is 2.83. The van der Waals surface area contributed by atoms with Crippen molar-refractivity contribution in [3.63, 3.8) is 0 Å². The SMILES string of the molecule is C/C=C1/CCC2C3CCC4CC(C)CCC4C3CCC12C.CC. The van der Waals surface area contributed by atoms with Gasteiger partial charge in [-0.05, 0) is 99.2 Å². The monoisotopic (exact) mass is 316 g/mol. The fraction of sp³-hybridized carbons (Fsp3) is 0.913. The second-order valence-electron chi connectivity index (χ2n) is 9.16. The molecule has 0 spiro atoms. The van der Waals surface area contributed by atoms with Crippen LogP contribution in [0.15, 0.2) is 11.6 Å². The highest BCUT2D eigenvalue weighted by atomic mass is 14.6. The summed E-state index contributed by atoms with van der Waals surface area (Å²) in [6, 6.07) is 0. The van der Waals surface area contributed by atoms with Gasteiger partial charge in [0, 0.05) is 0 Å². The first-order valence-electron chi connectivity index (χ1n) is 10.8. The van der Waals surface area contributed by atoms with Gasteiger partial charge in [-0.2, -0.15) is 0 Å². The van der Waals surface area contributed by atoms with Crippen molar-refractivity contribution in [3.8, 4) is 0 Å². The fourth-order valence-corrected chi connectivity index (χ4v) is 7.41. The third-order valence-electron chi connectivity index (χ3n) is 8.41. The molecule has 0 N–H and O–H groups in total. The Morgan fingerprint density at radius 1 is 0.913 bits per heavy atom. The van der Waals surface area contributed by atoms with Crippen LogP contribution in [0.2, 0.25) is 0 Å². The van der Waals surface area contributed by atoms with Crippen LogP contribution in [0, 0.1) is 40.9 Å². The zero-order valence-electron chi connectivity index (χ0n) is 16.4. The van der Waals surface area contributed by atoms with E-state index in [2.05, 4.69) is 26.8 Å². The first-order chi connectivity index (χ1) is 11.1. The summed E-state index contributed by atoms with van der Waals surface area (Å²) in [5.74, 6) is 6.43. The molecule has 4 fully saturated rings. The number of fused-ring (bicyclic) bond motifs is 5. The minimum Gasteiger partial charge on any atom is -0.0879 e. The normalized spacial score (nSPS) is 50.4. The molecule has 0 heteroatoms. The zero-order valence-corrected chi connectivity index (χ0v) is 16.4. The van der Waals surface area contributed by atoms with Crippen LogP contribution in [-0.4, -0.2) is 0 Å². The van der Waals surface area contributed by atoms with Crippen molar-refractivity contribution in [2.24, 2.45) is 40.9 Å². The molecular formula is C23H40. The van der Waals surface area contributed by atoms with Crippen molar-refractivity contribution in [2.75, 3.05) is 0 Å². The molecule has 132 valence electrons. The molecular weight excluding hydrogens is 276 g/mol. The first kappa shape index (κ1) is 17.6. The van der Waals surface area contributed by atoms with Gasteiger partial charge >= 0.3 is 0 Å². The zero-order chi connectivity index (χ0) is 16.6. The van der Waals surface area contributed by atoms with E-state index in [1.807, 2.05) is 19.4 Å². The van der Waals surface area contributed by atoms with Crippen molar-refractivity contribution in [2.45, 2.75) is 92.4 Å². The molecule has 4 aliphatic rings. The highest BCUT2D eigenvalue weighted by Crippen LogP contribution is 2.64. The summed E-state index contributed by atoms with van der Waals surface area (Å²) in [4.78, 5) is 0. The van der Waals surface area contributed by atoms with Crippen LogP contribution in [0.25, 0.3) is 0 Å². The molecule has 0 aliphatic heterocycles. The van der Waals surface area contributed by atoms with Gasteiger partial charge in [0.15, 0.2) is 0 Å². The molecule has 7 atom stereocenters. The largest absolute Gasteiger partial charge is 0.0879 e. The van der Waals surface area contributed by atoms with Gasteiger partial charge < -0.3 is 0 Å². The standard InChI is InChI=1S/C21H34.C2H6/c1-4-16-7-10-20-19-9-6-15-13-14(2)5-8-17(15)18(19)11-12-21(16,20)3;1-2/h4,14-15,17-20H,5-13H2,1-3H3;1-2H3/b16-4-;. The molecule has 0 heterocycles. The average Bonchev–Trinajstić information content (AvgIpc) is 2.92. The summed E-state index contributed by atoms with van der Waals surface area (Å²) >= 11 is 0.